The number of anilines is 1. The largest absolute Gasteiger partial charge is 0.484 e. The molecule has 0 radical (unpaired) electrons. The molecule has 0 fully saturated rings. The summed E-state index contributed by atoms with van der Waals surface area (Å²) >= 11 is 11.7. The number of ether oxygens (including phenoxy) is 1. The highest BCUT2D eigenvalue weighted by atomic mass is 35.5. The normalized spacial score (nSPS) is 12.1. The summed E-state index contributed by atoms with van der Waals surface area (Å²) in [5, 5.41) is 3.99. The number of rotatable bonds is 8. The van der Waals surface area contributed by atoms with Crippen LogP contribution in [-0.4, -0.2) is 20.9 Å². The van der Waals surface area contributed by atoms with Crippen LogP contribution in [0.2, 0.25) is 10.0 Å². The number of hydrogen-bond donors (Lipinski definition) is 2. The Morgan fingerprint density at radius 2 is 1.56 bits per heavy atom. The van der Waals surface area contributed by atoms with Crippen LogP contribution in [0.15, 0.2) is 71.6 Å². The van der Waals surface area contributed by atoms with Gasteiger partial charge in [0.1, 0.15) is 5.75 Å². The molecule has 0 aliphatic heterocycles. The predicted octanol–water partition coefficient (Wildman–Crippen LogP) is 5.36. The van der Waals surface area contributed by atoms with Crippen LogP contribution in [0.1, 0.15) is 24.1 Å². The highest BCUT2D eigenvalue weighted by Gasteiger charge is 2.17. The molecule has 3 aromatic rings. The molecule has 0 bridgehead atoms. The van der Waals surface area contributed by atoms with E-state index in [9.17, 15) is 13.2 Å². The van der Waals surface area contributed by atoms with Gasteiger partial charge in [0.05, 0.1) is 10.9 Å². The minimum atomic E-state index is -3.78. The van der Waals surface area contributed by atoms with E-state index in [1.165, 1.54) is 18.2 Å². The lowest BCUT2D eigenvalue weighted by atomic mass is 10.1. The van der Waals surface area contributed by atoms with Crippen molar-refractivity contribution >= 4 is 44.8 Å². The van der Waals surface area contributed by atoms with Gasteiger partial charge in [0.2, 0.25) is 0 Å². The molecule has 2 N–H and O–H groups in total. The zero-order valence-corrected chi connectivity index (χ0v) is 19.8. The van der Waals surface area contributed by atoms with Crippen molar-refractivity contribution in [2.24, 2.45) is 0 Å². The molecule has 0 aromatic heterocycles. The fourth-order valence-electron chi connectivity index (χ4n) is 2.94. The lowest BCUT2D eigenvalue weighted by Gasteiger charge is -2.16. The molecule has 0 saturated heterocycles. The molecule has 0 aliphatic carbocycles. The van der Waals surface area contributed by atoms with E-state index in [-0.39, 0.29) is 23.5 Å². The van der Waals surface area contributed by atoms with Crippen LogP contribution < -0.4 is 14.8 Å². The number of aryl methyl sites for hydroxylation is 1. The second kappa shape index (κ2) is 10.3. The van der Waals surface area contributed by atoms with E-state index >= 15 is 0 Å². The first-order valence-electron chi connectivity index (χ1n) is 9.71. The van der Waals surface area contributed by atoms with E-state index in [4.69, 9.17) is 27.9 Å². The van der Waals surface area contributed by atoms with Crippen molar-refractivity contribution in [1.29, 1.82) is 0 Å². The van der Waals surface area contributed by atoms with Crippen LogP contribution >= 0.6 is 23.2 Å². The summed E-state index contributed by atoms with van der Waals surface area (Å²) in [5.41, 5.74) is 1.91. The molecular weight excluding hydrogens is 471 g/mol. The fraction of sp³-hybridized carbons (Fsp3) is 0.174. The van der Waals surface area contributed by atoms with Crippen LogP contribution in [0.25, 0.3) is 0 Å². The maximum Gasteiger partial charge on any atom is 0.261 e. The molecule has 0 aliphatic rings. The SMILES string of the molecule is Cc1cc(S(=O)(=O)Nc2ccc(Cl)cc2)ccc1OCC(=O)N[C@H](C)c1ccc(Cl)cc1. The number of benzene rings is 3. The van der Waals surface area contributed by atoms with Crippen LogP contribution in [-0.2, 0) is 14.8 Å². The summed E-state index contributed by atoms with van der Waals surface area (Å²) in [5.74, 6) is 0.123. The lowest BCUT2D eigenvalue weighted by molar-refractivity contribution is -0.123. The highest BCUT2D eigenvalue weighted by Crippen LogP contribution is 2.24. The van der Waals surface area contributed by atoms with Crippen LogP contribution in [0, 0.1) is 6.92 Å². The van der Waals surface area contributed by atoms with E-state index in [2.05, 4.69) is 10.0 Å². The van der Waals surface area contributed by atoms with Crippen LogP contribution in [0.4, 0.5) is 5.69 Å². The molecule has 6 nitrogen and oxygen atoms in total. The average Bonchev–Trinajstić information content (AvgIpc) is 2.74. The van der Waals surface area contributed by atoms with Gasteiger partial charge in [-0.2, -0.15) is 0 Å². The van der Waals surface area contributed by atoms with Crippen molar-refractivity contribution in [2.45, 2.75) is 24.8 Å². The minimum Gasteiger partial charge on any atom is -0.484 e. The van der Waals surface area contributed by atoms with Gasteiger partial charge in [0.15, 0.2) is 6.61 Å². The number of sulfonamides is 1. The third kappa shape index (κ3) is 6.38. The molecule has 0 heterocycles. The maximum absolute atomic E-state index is 12.6. The van der Waals surface area contributed by atoms with E-state index in [0.29, 0.717) is 27.0 Å². The summed E-state index contributed by atoms with van der Waals surface area (Å²) in [6.45, 7) is 3.37. The minimum absolute atomic E-state index is 0.0816. The summed E-state index contributed by atoms with van der Waals surface area (Å²) in [4.78, 5) is 12.3. The number of carbonyl (C=O) groups excluding carboxylic acids is 1. The molecular formula is C23H22Cl2N2O4S. The van der Waals surface area contributed by atoms with Gasteiger partial charge in [-0.05, 0) is 79.6 Å². The molecule has 3 rings (SSSR count). The first-order valence-corrected chi connectivity index (χ1v) is 11.9. The predicted molar refractivity (Wildman–Crippen MR) is 127 cm³/mol. The Balaban J connectivity index is 1.60. The Morgan fingerprint density at radius 3 is 2.16 bits per heavy atom. The Morgan fingerprint density at radius 1 is 0.969 bits per heavy atom. The number of halogens is 2. The number of carbonyl (C=O) groups is 1. The van der Waals surface area contributed by atoms with Crippen molar-refractivity contribution in [3.63, 3.8) is 0 Å². The first kappa shape index (κ1) is 23.9. The fourth-order valence-corrected chi connectivity index (χ4v) is 4.34. The van der Waals surface area contributed by atoms with Gasteiger partial charge in [-0.25, -0.2) is 8.42 Å². The van der Waals surface area contributed by atoms with E-state index in [1.807, 2.05) is 19.1 Å². The number of amides is 1. The zero-order valence-electron chi connectivity index (χ0n) is 17.4. The molecule has 168 valence electrons. The second-order valence-corrected chi connectivity index (χ2v) is 9.72. The molecule has 32 heavy (non-hydrogen) atoms. The second-order valence-electron chi connectivity index (χ2n) is 7.17. The van der Waals surface area contributed by atoms with Crippen molar-refractivity contribution in [3.8, 4) is 5.75 Å². The van der Waals surface area contributed by atoms with Crippen molar-refractivity contribution in [3.05, 3.63) is 87.9 Å². The Kier molecular flexibility index (Phi) is 7.66. The molecule has 9 heteroatoms. The van der Waals surface area contributed by atoms with Gasteiger partial charge < -0.3 is 10.1 Å². The number of nitrogens with one attached hydrogen (secondary N) is 2. The number of hydrogen-bond acceptors (Lipinski definition) is 4. The summed E-state index contributed by atoms with van der Waals surface area (Å²) < 4.78 is 33.4. The van der Waals surface area contributed by atoms with E-state index in [0.717, 1.165) is 5.56 Å². The monoisotopic (exact) mass is 492 g/mol. The van der Waals surface area contributed by atoms with Crippen LogP contribution in [0.3, 0.4) is 0 Å². The molecule has 0 saturated carbocycles. The molecule has 1 amide bonds. The van der Waals surface area contributed by atoms with Crippen molar-refractivity contribution in [1.82, 2.24) is 5.32 Å². The standard InChI is InChI=1S/C23H22Cl2N2O4S/c1-15-13-21(32(29,30)27-20-9-7-19(25)8-10-20)11-12-22(15)31-14-23(28)26-16(2)17-3-5-18(24)6-4-17/h3-13,16,27H,14H2,1-2H3,(H,26,28)/t16-/m1/s1. The molecule has 1 atom stereocenters. The third-order valence-electron chi connectivity index (χ3n) is 4.66. The van der Waals surface area contributed by atoms with Gasteiger partial charge in [0.25, 0.3) is 15.9 Å². The Bertz CT molecular complexity index is 1200. The Labute approximate surface area is 197 Å². The van der Waals surface area contributed by atoms with E-state index in [1.54, 1.807) is 43.3 Å². The third-order valence-corrected chi connectivity index (χ3v) is 6.54. The smallest absolute Gasteiger partial charge is 0.261 e. The zero-order chi connectivity index (χ0) is 23.3. The average molecular weight is 493 g/mol. The van der Waals surface area contributed by atoms with Gasteiger partial charge in [0, 0.05) is 15.7 Å². The molecule has 0 spiro atoms. The Hall–Kier alpha value is -2.74. The first-order chi connectivity index (χ1) is 15.1. The quantitative estimate of drug-likeness (QED) is 0.443. The summed E-state index contributed by atoms with van der Waals surface area (Å²) in [7, 11) is -3.78. The van der Waals surface area contributed by atoms with E-state index < -0.39 is 10.0 Å². The summed E-state index contributed by atoms with van der Waals surface area (Å²) in [6.07, 6.45) is 0. The van der Waals surface area contributed by atoms with Gasteiger partial charge in [-0.1, -0.05) is 35.3 Å². The maximum atomic E-state index is 12.6. The van der Waals surface area contributed by atoms with Crippen LogP contribution in [0.5, 0.6) is 5.75 Å². The topological polar surface area (TPSA) is 84.5 Å². The highest BCUT2D eigenvalue weighted by molar-refractivity contribution is 7.92. The molecule has 3 aromatic carbocycles. The van der Waals surface area contributed by atoms with Gasteiger partial charge in [-0.3, -0.25) is 9.52 Å². The lowest BCUT2D eigenvalue weighted by Crippen LogP contribution is -2.31. The van der Waals surface area contributed by atoms with Crippen molar-refractivity contribution in [2.75, 3.05) is 11.3 Å². The summed E-state index contributed by atoms with van der Waals surface area (Å²) in [6, 6.07) is 17.8. The van der Waals surface area contributed by atoms with Crippen molar-refractivity contribution < 1.29 is 17.9 Å². The van der Waals surface area contributed by atoms with Gasteiger partial charge >= 0.3 is 0 Å². The molecule has 0 unspecified atom stereocenters. The van der Waals surface area contributed by atoms with Gasteiger partial charge in [-0.15, -0.1) is 0 Å².